The zero-order chi connectivity index (χ0) is 26.8. The molecule has 5 rings (SSSR count). The van der Waals surface area contributed by atoms with E-state index in [-0.39, 0.29) is 4.05 Å². The summed E-state index contributed by atoms with van der Waals surface area (Å²) in [4.78, 5) is 14.0. The van der Waals surface area contributed by atoms with Gasteiger partial charge < -0.3 is 21.3 Å². The van der Waals surface area contributed by atoms with Crippen LogP contribution in [0, 0.1) is 18.8 Å². The Morgan fingerprint density at radius 2 is 1.82 bits per heavy atom. The Balaban J connectivity index is 1.46. The molecule has 38 heavy (non-hydrogen) atoms. The SMILES string of the molecule is Cc1cc(-c2ccccc2)nc2cc(/C(N)=C3\C(N)=NC=CN3C(I)C3CCC(CN(C)C)CC3)ccc12. The van der Waals surface area contributed by atoms with Crippen molar-refractivity contribution < 1.29 is 0 Å². The van der Waals surface area contributed by atoms with Gasteiger partial charge in [-0.25, -0.2) is 9.98 Å². The monoisotopic (exact) mass is 620 g/mol. The van der Waals surface area contributed by atoms with Gasteiger partial charge in [0, 0.05) is 35.5 Å². The van der Waals surface area contributed by atoms with Crippen molar-refractivity contribution in [3.63, 3.8) is 0 Å². The van der Waals surface area contributed by atoms with Crippen molar-refractivity contribution in [1.82, 2.24) is 14.8 Å². The Morgan fingerprint density at radius 3 is 2.53 bits per heavy atom. The molecule has 0 saturated heterocycles. The molecule has 4 N–H and O–H groups in total. The summed E-state index contributed by atoms with van der Waals surface area (Å²) in [5, 5.41) is 1.12. The highest BCUT2D eigenvalue weighted by molar-refractivity contribution is 14.1. The van der Waals surface area contributed by atoms with Crippen LogP contribution in [0.4, 0.5) is 0 Å². The van der Waals surface area contributed by atoms with Crippen LogP contribution in [0.3, 0.4) is 0 Å². The number of pyridine rings is 1. The first kappa shape index (κ1) is 26.7. The van der Waals surface area contributed by atoms with E-state index in [4.69, 9.17) is 16.5 Å². The molecule has 2 aliphatic rings. The fraction of sp³-hybridized carbons (Fsp3) is 0.355. The minimum absolute atomic E-state index is 0.247. The van der Waals surface area contributed by atoms with Crippen molar-refractivity contribution in [2.45, 2.75) is 36.7 Å². The molecule has 0 radical (unpaired) electrons. The summed E-state index contributed by atoms with van der Waals surface area (Å²) in [5.74, 6) is 1.81. The highest BCUT2D eigenvalue weighted by Gasteiger charge is 2.33. The van der Waals surface area contributed by atoms with Gasteiger partial charge in [-0.05, 0) is 76.2 Å². The van der Waals surface area contributed by atoms with Gasteiger partial charge in [0.15, 0.2) is 0 Å². The number of halogens is 1. The highest BCUT2D eigenvalue weighted by atomic mass is 127. The molecule has 7 heteroatoms. The van der Waals surface area contributed by atoms with Gasteiger partial charge in [0.2, 0.25) is 0 Å². The van der Waals surface area contributed by atoms with Crippen molar-refractivity contribution in [2.75, 3.05) is 20.6 Å². The smallest absolute Gasteiger partial charge is 0.149 e. The topological polar surface area (TPSA) is 83.8 Å². The number of hydrogen-bond acceptors (Lipinski definition) is 6. The quantitative estimate of drug-likeness (QED) is 0.198. The molecule has 1 fully saturated rings. The molecule has 3 aromatic rings. The second kappa shape index (κ2) is 11.5. The van der Waals surface area contributed by atoms with Crippen LogP contribution in [-0.2, 0) is 0 Å². The number of fused-ring (bicyclic) bond motifs is 1. The first-order valence-corrected chi connectivity index (χ1v) is 14.6. The molecule has 0 bridgehead atoms. The van der Waals surface area contributed by atoms with Crippen molar-refractivity contribution >= 4 is 45.0 Å². The van der Waals surface area contributed by atoms with Gasteiger partial charge in [0.1, 0.15) is 11.5 Å². The second-order valence-corrected chi connectivity index (χ2v) is 12.1. The third-order valence-corrected chi connectivity index (χ3v) is 9.38. The minimum atomic E-state index is 0.247. The van der Waals surface area contributed by atoms with Gasteiger partial charge in [-0.2, -0.15) is 0 Å². The zero-order valence-corrected chi connectivity index (χ0v) is 24.6. The number of nitrogens with zero attached hydrogens (tertiary/aromatic N) is 4. The summed E-state index contributed by atoms with van der Waals surface area (Å²) >= 11 is 2.57. The molecule has 1 saturated carbocycles. The van der Waals surface area contributed by atoms with Gasteiger partial charge in [0.25, 0.3) is 0 Å². The predicted molar refractivity (Wildman–Crippen MR) is 167 cm³/mol. The third kappa shape index (κ3) is 5.59. The van der Waals surface area contributed by atoms with Crippen molar-refractivity contribution in [2.24, 2.45) is 28.3 Å². The molecule has 2 heterocycles. The van der Waals surface area contributed by atoms with E-state index in [1.54, 1.807) is 6.20 Å². The summed E-state index contributed by atoms with van der Waals surface area (Å²) in [5.41, 5.74) is 19.9. The van der Waals surface area contributed by atoms with E-state index in [1.165, 1.54) is 37.8 Å². The molecule has 2 aromatic carbocycles. The maximum Gasteiger partial charge on any atom is 0.149 e. The van der Waals surface area contributed by atoms with Crippen molar-refractivity contribution in [3.05, 3.63) is 83.8 Å². The average Bonchev–Trinajstić information content (AvgIpc) is 2.92. The number of alkyl halides is 1. The van der Waals surface area contributed by atoms with Gasteiger partial charge in [-0.1, -0.05) is 65.1 Å². The van der Waals surface area contributed by atoms with Crippen LogP contribution in [0.2, 0.25) is 0 Å². The van der Waals surface area contributed by atoms with Crippen LogP contribution in [0.25, 0.3) is 27.9 Å². The summed E-state index contributed by atoms with van der Waals surface area (Å²) in [6, 6.07) is 18.7. The molecule has 0 spiro atoms. The number of aryl methyl sites for hydroxylation is 1. The summed E-state index contributed by atoms with van der Waals surface area (Å²) in [7, 11) is 4.33. The molecular weight excluding hydrogens is 583 g/mol. The lowest BCUT2D eigenvalue weighted by Crippen LogP contribution is -2.41. The molecule has 1 aliphatic heterocycles. The lowest BCUT2D eigenvalue weighted by atomic mass is 9.81. The maximum atomic E-state index is 6.88. The van der Waals surface area contributed by atoms with Crippen LogP contribution in [0.15, 0.2) is 77.7 Å². The Kier molecular flexibility index (Phi) is 8.04. The number of benzene rings is 2. The molecule has 1 atom stereocenters. The van der Waals surface area contributed by atoms with E-state index in [1.807, 2.05) is 24.4 Å². The van der Waals surface area contributed by atoms with Gasteiger partial charge in [-0.15, -0.1) is 0 Å². The fourth-order valence-corrected chi connectivity index (χ4v) is 6.97. The summed E-state index contributed by atoms with van der Waals surface area (Å²) < 4.78 is 0.247. The van der Waals surface area contributed by atoms with E-state index in [2.05, 4.69) is 94.8 Å². The summed E-state index contributed by atoms with van der Waals surface area (Å²) in [6.45, 7) is 3.30. The van der Waals surface area contributed by atoms with E-state index in [0.29, 0.717) is 17.5 Å². The van der Waals surface area contributed by atoms with Crippen LogP contribution in [-0.4, -0.2) is 45.3 Å². The molecule has 1 aromatic heterocycles. The van der Waals surface area contributed by atoms with Crippen LogP contribution in [0.1, 0.15) is 36.8 Å². The largest absolute Gasteiger partial charge is 0.396 e. The third-order valence-electron chi connectivity index (χ3n) is 7.76. The predicted octanol–water partition coefficient (Wildman–Crippen LogP) is 6.11. The van der Waals surface area contributed by atoms with E-state index in [9.17, 15) is 0 Å². The normalized spacial score (nSPS) is 22.0. The van der Waals surface area contributed by atoms with E-state index >= 15 is 0 Å². The van der Waals surface area contributed by atoms with Crippen LogP contribution < -0.4 is 11.5 Å². The Bertz CT molecular complexity index is 1390. The molecule has 1 unspecified atom stereocenters. The van der Waals surface area contributed by atoms with Crippen LogP contribution in [0.5, 0.6) is 0 Å². The first-order chi connectivity index (χ1) is 18.3. The standard InChI is InChI=1S/C31H37IN6/c1-20-17-26(22-7-5-4-6-8-22)36-27-18-24(13-14-25(20)27)28(33)29-31(34)35-15-16-38(29)30(32)23-11-9-21(10-12-23)19-37(2)3/h4-8,13-18,21,23,30H,9-12,19,33H2,1-3H3,(H2,34,35)/b29-28-. The Morgan fingerprint density at radius 1 is 1.08 bits per heavy atom. The van der Waals surface area contributed by atoms with Gasteiger partial charge in [0.05, 0.1) is 21.0 Å². The molecule has 198 valence electrons. The maximum absolute atomic E-state index is 6.88. The summed E-state index contributed by atoms with van der Waals surface area (Å²) in [6.07, 6.45) is 8.75. The number of amidine groups is 1. The second-order valence-electron chi connectivity index (χ2n) is 10.8. The van der Waals surface area contributed by atoms with Gasteiger partial charge in [-0.3, -0.25) is 0 Å². The number of aliphatic imine (C=N–C) groups is 1. The zero-order valence-electron chi connectivity index (χ0n) is 22.4. The van der Waals surface area contributed by atoms with E-state index in [0.717, 1.165) is 39.3 Å². The first-order valence-electron chi connectivity index (χ1n) is 13.4. The highest BCUT2D eigenvalue weighted by Crippen LogP contribution is 2.38. The molecule has 1 aliphatic carbocycles. The fourth-order valence-electron chi connectivity index (χ4n) is 5.79. The average molecular weight is 621 g/mol. The number of aromatic nitrogens is 1. The number of rotatable bonds is 6. The molecular formula is C31H37IN6. The lowest BCUT2D eigenvalue weighted by molar-refractivity contribution is 0.198. The van der Waals surface area contributed by atoms with Crippen LogP contribution >= 0.6 is 22.6 Å². The Hall–Kier alpha value is -2.91. The Labute approximate surface area is 239 Å². The van der Waals surface area contributed by atoms with Gasteiger partial charge >= 0.3 is 0 Å². The minimum Gasteiger partial charge on any atom is -0.396 e. The number of nitrogens with two attached hydrogens (primary N) is 2. The van der Waals surface area contributed by atoms with Crippen molar-refractivity contribution in [1.29, 1.82) is 0 Å². The molecule has 0 amide bonds. The number of hydrogen-bond donors (Lipinski definition) is 2. The molecule has 6 nitrogen and oxygen atoms in total. The van der Waals surface area contributed by atoms with Crippen molar-refractivity contribution in [3.8, 4) is 11.3 Å². The lowest BCUT2D eigenvalue weighted by Gasteiger charge is -2.39. The van der Waals surface area contributed by atoms with E-state index < -0.39 is 0 Å².